The Morgan fingerprint density at radius 2 is 1.03 bits per heavy atom. The van der Waals surface area contributed by atoms with E-state index in [0.717, 1.165) is 12.8 Å². The van der Waals surface area contributed by atoms with Crippen LogP contribution in [0, 0.1) is 0 Å². The molecule has 2 radical (unpaired) electrons. The van der Waals surface area contributed by atoms with Gasteiger partial charge in [0.1, 0.15) is 0 Å². The van der Waals surface area contributed by atoms with Crippen molar-refractivity contribution in [2.45, 2.75) is 115 Å². The van der Waals surface area contributed by atoms with Crippen LogP contribution in [-0.4, -0.2) is 52.8 Å². The Morgan fingerprint density at radius 1 is 0.655 bits per heavy atom. The van der Waals surface area contributed by atoms with Crippen LogP contribution in [0.15, 0.2) is 35.2 Å². The summed E-state index contributed by atoms with van der Waals surface area (Å²) in [5.74, 6) is 0. The zero-order valence-corrected chi connectivity index (χ0v) is 21.8. The topological polar surface area (TPSA) is 43.4 Å². The maximum absolute atomic E-state index is 12.0. The van der Waals surface area contributed by atoms with E-state index in [-0.39, 0.29) is 52.1 Å². The summed E-state index contributed by atoms with van der Waals surface area (Å²) in [6.45, 7) is 2.56. The van der Waals surface area contributed by atoms with Gasteiger partial charge in [-0.25, -0.2) is 0 Å². The van der Waals surface area contributed by atoms with Crippen molar-refractivity contribution in [3.63, 3.8) is 0 Å². The van der Waals surface area contributed by atoms with Crippen molar-refractivity contribution < 1.29 is 15.5 Å². The summed E-state index contributed by atoms with van der Waals surface area (Å²) in [5.41, 5.74) is 0. The molecule has 0 N–H and O–H groups in total. The summed E-state index contributed by atoms with van der Waals surface area (Å²) in [7, 11) is -3.58. The van der Waals surface area contributed by atoms with Crippen molar-refractivity contribution in [3.05, 3.63) is 30.3 Å². The fraction of sp³-hybridized carbons (Fsp3) is 0.750. The maximum atomic E-state index is 12.0. The zero-order chi connectivity index (χ0) is 20.3. The predicted molar refractivity (Wildman–Crippen MR) is 129 cm³/mol. The minimum atomic E-state index is -3.58. The summed E-state index contributed by atoms with van der Waals surface area (Å²) in [4.78, 5) is 0.242. The SMILES string of the molecule is CCCCCCCCCCCCCCCCCCOS(=O)(=O)c1ccccc1.[Ca].[HH].[HH]. The summed E-state index contributed by atoms with van der Waals surface area (Å²) >= 11 is 0. The Hall–Kier alpha value is 0.390. The van der Waals surface area contributed by atoms with Crippen LogP contribution < -0.4 is 0 Å². The van der Waals surface area contributed by atoms with Gasteiger partial charge >= 0.3 is 0 Å². The van der Waals surface area contributed by atoms with E-state index in [4.69, 9.17) is 4.18 Å². The van der Waals surface area contributed by atoms with Gasteiger partial charge in [-0.05, 0) is 18.6 Å². The number of benzene rings is 1. The average Bonchev–Trinajstić information content (AvgIpc) is 2.71. The molecule has 0 fully saturated rings. The molecule has 0 bridgehead atoms. The van der Waals surface area contributed by atoms with E-state index in [1.54, 1.807) is 30.3 Å². The molecule has 5 heteroatoms. The van der Waals surface area contributed by atoms with Gasteiger partial charge in [0.05, 0.1) is 11.5 Å². The molecule has 0 saturated carbocycles. The zero-order valence-electron chi connectivity index (χ0n) is 18.7. The smallest absolute Gasteiger partial charge is 0.266 e. The molecule has 1 rings (SSSR count). The third kappa shape index (κ3) is 16.7. The standard InChI is InChI=1S/C24H42O3S.Ca.2H2/c1-2-3-4-5-6-7-8-9-10-11-12-13-14-15-16-20-23-27-28(25,26)24-21-18-17-19-22-24;;;/h17-19,21-22H,2-16,20,23H2,1H3;;2*1H. The van der Waals surface area contributed by atoms with E-state index < -0.39 is 10.1 Å². The molecule has 1 aromatic rings. The van der Waals surface area contributed by atoms with E-state index in [2.05, 4.69) is 6.92 Å². The van der Waals surface area contributed by atoms with Gasteiger partial charge in [-0.2, -0.15) is 8.42 Å². The Morgan fingerprint density at radius 3 is 1.45 bits per heavy atom. The first-order valence-corrected chi connectivity index (χ1v) is 13.0. The molecule has 0 aliphatic heterocycles. The fourth-order valence-electron chi connectivity index (χ4n) is 3.47. The number of unbranched alkanes of at least 4 members (excludes halogenated alkanes) is 15. The van der Waals surface area contributed by atoms with Gasteiger partial charge in [0.25, 0.3) is 10.1 Å². The molecule has 168 valence electrons. The summed E-state index contributed by atoms with van der Waals surface area (Å²) in [6.07, 6.45) is 20.9. The van der Waals surface area contributed by atoms with Gasteiger partial charge in [0, 0.05) is 40.6 Å². The van der Waals surface area contributed by atoms with Crippen molar-refractivity contribution in [1.82, 2.24) is 0 Å². The van der Waals surface area contributed by atoms with Gasteiger partial charge < -0.3 is 0 Å². The Labute approximate surface area is 213 Å². The molecule has 0 spiro atoms. The summed E-state index contributed by atoms with van der Waals surface area (Å²) in [5, 5.41) is 0. The van der Waals surface area contributed by atoms with Gasteiger partial charge in [0.2, 0.25) is 0 Å². The van der Waals surface area contributed by atoms with E-state index >= 15 is 0 Å². The minimum Gasteiger partial charge on any atom is -0.266 e. The van der Waals surface area contributed by atoms with Crippen LogP contribution in [0.4, 0.5) is 0 Å². The third-order valence-electron chi connectivity index (χ3n) is 5.27. The van der Waals surface area contributed by atoms with Crippen LogP contribution in [0.5, 0.6) is 0 Å². The molecule has 0 atom stereocenters. The quantitative estimate of drug-likeness (QED) is 0.122. The molecule has 0 saturated heterocycles. The Kier molecular flexibility index (Phi) is 20.6. The van der Waals surface area contributed by atoms with Crippen LogP contribution in [-0.2, 0) is 14.3 Å². The second kappa shape index (κ2) is 20.3. The van der Waals surface area contributed by atoms with E-state index in [0.29, 0.717) is 0 Å². The van der Waals surface area contributed by atoms with Crippen molar-refractivity contribution in [2.24, 2.45) is 0 Å². The second-order valence-corrected chi connectivity index (χ2v) is 9.51. The second-order valence-electron chi connectivity index (χ2n) is 7.89. The van der Waals surface area contributed by atoms with Gasteiger partial charge in [0.15, 0.2) is 0 Å². The molecule has 0 unspecified atom stereocenters. The average molecular weight is 455 g/mol. The molecule has 0 amide bonds. The molecule has 0 aliphatic carbocycles. The normalized spacial score (nSPS) is 11.3. The van der Waals surface area contributed by atoms with E-state index in [9.17, 15) is 8.42 Å². The predicted octanol–water partition coefficient (Wildman–Crippen LogP) is 7.76. The molecule has 0 aromatic heterocycles. The summed E-state index contributed by atoms with van der Waals surface area (Å²) < 4.78 is 29.0. The first-order valence-electron chi connectivity index (χ1n) is 11.6. The fourth-order valence-corrected chi connectivity index (χ4v) is 4.44. The number of hydrogen-bond donors (Lipinski definition) is 0. The van der Waals surface area contributed by atoms with Crippen molar-refractivity contribution in [2.75, 3.05) is 6.61 Å². The van der Waals surface area contributed by atoms with Crippen LogP contribution in [0.3, 0.4) is 0 Å². The van der Waals surface area contributed by atoms with Crippen molar-refractivity contribution in [3.8, 4) is 0 Å². The first kappa shape index (κ1) is 29.4. The number of rotatable bonds is 19. The summed E-state index contributed by atoms with van der Waals surface area (Å²) in [6, 6.07) is 8.37. The first-order chi connectivity index (χ1) is 13.7. The minimum absolute atomic E-state index is 0. The van der Waals surface area contributed by atoms with Gasteiger partial charge in [-0.3, -0.25) is 4.18 Å². The van der Waals surface area contributed by atoms with Crippen molar-refractivity contribution in [1.29, 1.82) is 0 Å². The molecule has 0 heterocycles. The van der Waals surface area contributed by atoms with Crippen LogP contribution in [0.25, 0.3) is 0 Å². The van der Waals surface area contributed by atoms with Gasteiger partial charge in [-0.1, -0.05) is 121 Å². The molecule has 3 nitrogen and oxygen atoms in total. The van der Waals surface area contributed by atoms with Crippen LogP contribution >= 0.6 is 0 Å². The monoisotopic (exact) mass is 454 g/mol. The molecule has 1 aromatic carbocycles. The Balaban J connectivity index is -0.00000261. The molecule has 29 heavy (non-hydrogen) atoms. The van der Waals surface area contributed by atoms with E-state index in [1.807, 2.05) is 0 Å². The van der Waals surface area contributed by atoms with Crippen LogP contribution in [0.1, 0.15) is 113 Å². The molecular weight excluding hydrogens is 408 g/mol. The third-order valence-corrected chi connectivity index (χ3v) is 6.59. The van der Waals surface area contributed by atoms with Gasteiger partial charge in [-0.15, -0.1) is 0 Å². The maximum Gasteiger partial charge on any atom is 0.296 e. The van der Waals surface area contributed by atoms with Crippen LogP contribution in [0.2, 0.25) is 0 Å². The number of hydrogen-bond acceptors (Lipinski definition) is 3. The largest absolute Gasteiger partial charge is 0.296 e. The van der Waals surface area contributed by atoms with E-state index in [1.165, 1.54) is 89.9 Å². The Bertz CT molecular complexity index is 571. The van der Waals surface area contributed by atoms with Crippen molar-refractivity contribution >= 4 is 47.9 Å². The molecule has 0 aliphatic rings. The molecular formula is C24H46CaO3S.